The molecule has 4 nitrogen and oxygen atoms in total. The molecule has 1 aromatic heterocycles. The van der Waals surface area contributed by atoms with E-state index in [9.17, 15) is 4.79 Å². The Morgan fingerprint density at radius 3 is 2.86 bits per heavy atom. The molecule has 0 spiro atoms. The summed E-state index contributed by atoms with van der Waals surface area (Å²) in [5.74, 6) is -0.0886. The highest BCUT2D eigenvalue weighted by atomic mass is 16.1. The molecule has 4 heteroatoms. The zero-order chi connectivity index (χ0) is 9.97. The van der Waals surface area contributed by atoms with Crippen molar-refractivity contribution in [1.82, 2.24) is 10.2 Å². The van der Waals surface area contributed by atoms with Gasteiger partial charge in [-0.3, -0.25) is 4.79 Å². The molecule has 0 aliphatic rings. The number of fused-ring (bicyclic) bond motifs is 1. The van der Waals surface area contributed by atoms with Crippen molar-refractivity contribution in [3.63, 3.8) is 0 Å². The van der Waals surface area contributed by atoms with Gasteiger partial charge in [-0.15, -0.1) is 0 Å². The number of carbonyl (C=O) groups is 1. The highest BCUT2D eigenvalue weighted by Crippen LogP contribution is 2.20. The Hall–Kier alpha value is -1.97. The summed E-state index contributed by atoms with van der Waals surface area (Å²) in [6.45, 7) is 1.48. The summed E-state index contributed by atoms with van der Waals surface area (Å²) in [6, 6.07) is 5.63. The van der Waals surface area contributed by atoms with Crippen LogP contribution in [-0.2, 0) is 4.79 Å². The Bertz CT molecular complexity index is 476. The van der Waals surface area contributed by atoms with Crippen LogP contribution in [0.3, 0.4) is 0 Å². The smallest absolute Gasteiger partial charge is 0.221 e. The van der Waals surface area contributed by atoms with Crippen molar-refractivity contribution in [2.24, 2.45) is 0 Å². The molecular formula is C10H9N3O. The first kappa shape index (κ1) is 8.62. The lowest BCUT2D eigenvalue weighted by atomic mass is 10.1. The van der Waals surface area contributed by atoms with Gasteiger partial charge in [0.25, 0.3) is 0 Å². The summed E-state index contributed by atoms with van der Waals surface area (Å²) in [4.78, 5) is 10.9. The highest BCUT2D eigenvalue weighted by molar-refractivity contribution is 6.00. The van der Waals surface area contributed by atoms with Crippen LogP contribution in [0.5, 0.6) is 0 Å². The van der Waals surface area contributed by atoms with Gasteiger partial charge < -0.3 is 5.32 Å². The molecule has 0 fully saturated rings. The van der Waals surface area contributed by atoms with Gasteiger partial charge in [0.15, 0.2) is 0 Å². The van der Waals surface area contributed by atoms with Gasteiger partial charge in [-0.25, -0.2) is 0 Å². The SMILES string of the molecule is CC(=O)Nc1cccc2cnncc12. The molecule has 2 aromatic rings. The zero-order valence-electron chi connectivity index (χ0n) is 7.69. The second kappa shape index (κ2) is 3.41. The van der Waals surface area contributed by atoms with Crippen LogP contribution >= 0.6 is 0 Å². The third kappa shape index (κ3) is 1.54. The van der Waals surface area contributed by atoms with Crippen molar-refractivity contribution >= 4 is 22.4 Å². The summed E-state index contributed by atoms with van der Waals surface area (Å²) in [6.07, 6.45) is 3.31. The molecule has 14 heavy (non-hydrogen) atoms. The Kier molecular flexibility index (Phi) is 2.10. The number of benzene rings is 1. The zero-order valence-corrected chi connectivity index (χ0v) is 7.69. The Morgan fingerprint density at radius 2 is 2.07 bits per heavy atom. The fraction of sp³-hybridized carbons (Fsp3) is 0.100. The molecule has 0 saturated heterocycles. The quantitative estimate of drug-likeness (QED) is 0.737. The fourth-order valence-electron chi connectivity index (χ4n) is 1.32. The number of hydrogen-bond acceptors (Lipinski definition) is 3. The number of hydrogen-bond donors (Lipinski definition) is 1. The minimum Gasteiger partial charge on any atom is -0.326 e. The van der Waals surface area contributed by atoms with Crippen molar-refractivity contribution in [3.05, 3.63) is 30.6 Å². The molecule has 70 valence electrons. The van der Waals surface area contributed by atoms with Crippen molar-refractivity contribution < 1.29 is 4.79 Å². The summed E-state index contributed by atoms with van der Waals surface area (Å²) in [7, 11) is 0. The van der Waals surface area contributed by atoms with Crippen LogP contribution in [0.1, 0.15) is 6.92 Å². The van der Waals surface area contributed by atoms with E-state index in [1.54, 1.807) is 12.4 Å². The van der Waals surface area contributed by atoms with E-state index in [-0.39, 0.29) is 5.91 Å². The van der Waals surface area contributed by atoms with E-state index in [0.717, 1.165) is 16.5 Å². The van der Waals surface area contributed by atoms with E-state index < -0.39 is 0 Å². The summed E-state index contributed by atoms with van der Waals surface area (Å²) < 4.78 is 0. The molecule has 1 aromatic carbocycles. The van der Waals surface area contributed by atoms with Crippen LogP contribution in [0.25, 0.3) is 10.8 Å². The standard InChI is InChI=1S/C10H9N3O/c1-7(14)13-10-4-2-3-8-5-11-12-6-9(8)10/h2-6H,1H3,(H,13,14). The molecule has 0 bridgehead atoms. The van der Waals surface area contributed by atoms with Gasteiger partial charge in [0.1, 0.15) is 0 Å². The lowest BCUT2D eigenvalue weighted by Crippen LogP contribution is -2.06. The monoisotopic (exact) mass is 187 g/mol. The minimum atomic E-state index is -0.0886. The van der Waals surface area contributed by atoms with Crippen molar-refractivity contribution in [3.8, 4) is 0 Å². The number of rotatable bonds is 1. The molecule has 0 aliphatic carbocycles. The number of nitrogens with one attached hydrogen (secondary N) is 1. The summed E-state index contributed by atoms with van der Waals surface area (Å²) in [5.41, 5.74) is 0.768. The van der Waals surface area contributed by atoms with Crippen molar-refractivity contribution in [1.29, 1.82) is 0 Å². The molecule has 1 heterocycles. The number of aromatic nitrogens is 2. The maximum atomic E-state index is 10.9. The number of anilines is 1. The molecule has 2 rings (SSSR count). The van der Waals surface area contributed by atoms with E-state index in [0.29, 0.717) is 0 Å². The first-order chi connectivity index (χ1) is 6.77. The van der Waals surface area contributed by atoms with Gasteiger partial charge in [-0.2, -0.15) is 10.2 Å². The van der Waals surface area contributed by atoms with Gasteiger partial charge in [0, 0.05) is 17.7 Å². The third-order valence-electron chi connectivity index (χ3n) is 1.90. The predicted octanol–water partition coefficient (Wildman–Crippen LogP) is 1.59. The van der Waals surface area contributed by atoms with Gasteiger partial charge >= 0.3 is 0 Å². The van der Waals surface area contributed by atoms with Crippen LogP contribution in [0, 0.1) is 0 Å². The number of amides is 1. The highest BCUT2D eigenvalue weighted by Gasteiger charge is 2.01. The largest absolute Gasteiger partial charge is 0.326 e. The summed E-state index contributed by atoms with van der Waals surface area (Å²) >= 11 is 0. The molecule has 0 aliphatic heterocycles. The molecule has 0 saturated carbocycles. The van der Waals surface area contributed by atoms with Gasteiger partial charge in [-0.1, -0.05) is 12.1 Å². The second-order valence-electron chi connectivity index (χ2n) is 2.98. The van der Waals surface area contributed by atoms with Crippen LogP contribution in [0.4, 0.5) is 5.69 Å². The lowest BCUT2D eigenvalue weighted by Gasteiger charge is -2.04. The topological polar surface area (TPSA) is 54.9 Å². The first-order valence-corrected chi connectivity index (χ1v) is 4.24. The van der Waals surface area contributed by atoms with E-state index in [2.05, 4.69) is 15.5 Å². The normalized spacial score (nSPS) is 10.1. The van der Waals surface area contributed by atoms with Crippen molar-refractivity contribution in [2.45, 2.75) is 6.92 Å². The first-order valence-electron chi connectivity index (χ1n) is 4.24. The molecule has 1 N–H and O–H groups in total. The maximum absolute atomic E-state index is 10.9. The van der Waals surface area contributed by atoms with Crippen LogP contribution < -0.4 is 5.32 Å². The maximum Gasteiger partial charge on any atom is 0.221 e. The van der Waals surface area contributed by atoms with Crippen molar-refractivity contribution in [2.75, 3.05) is 5.32 Å². The summed E-state index contributed by atoms with van der Waals surface area (Å²) in [5, 5.41) is 12.2. The Balaban J connectivity index is 2.59. The molecule has 0 unspecified atom stereocenters. The van der Waals surface area contributed by atoms with E-state index in [1.807, 2.05) is 18.2 Å². The minimum absolute atomic E-state index is 0.0886. The predicted molar refractivity (Wildman–Crippen MR) is 53.8 cm³/mol. The van der Waals surface area contributed by atoms with Crippen LogP contribution in [0.15, 0.2) is 30.6 Å². The van der Waals surface area contributed by atoms with Crippen LogP contribution in [0.2, 0.25) is 0 Å². The van der Waals surface area contributed by atoms with E-state index in [1.165, 1.54) is 6.92 Å². The van der Waals surface area contributed by atoms with Gasteiger partial charge in [-0.05, 0) is 6.07 Å². The van der Waals surface area contributed by atoms with E-state index in [4.69, 9.17) is 0 Å². The molecule has 0 radical (unpaired) electrons. The Labute approximate surface area is 81.0 Å². The van der Waals surface area contributed by atoms with Crippen LogP contribution in [-0.4, -0.2) is 16.1 Å². The van der Waals surface area contributed by atoms with Gasteiger partial charge in [0.2, 0.25) is 5.91 Å². The molecule has 0 atom stereocenters. The Morgan fingerprint density at radius 1 is 1.29 bits per heavy atom. The average Bonchev–Trinajstić information content (AvgIpc) is 2.18. The molecular weight excluding hydrogens is 178 g/mol. The number of nitrogens with zero attached hydrogens (tertiary/aromatic N) is 2. The van der Waals surface area contributed by atoms with E-state index >= 15 is 0 Å². The lowest BCUT2D eigenvalue weighted by molar-refractivity contribution is -0.114. The third-order valence-corrected chi connectivity index (χ3v) is 1.90. The molecule has 1 amide bonds. The fourth-order valence-corrected chi connectivity index (χ4v) is 1.32. The van der Waals surface area contributed by atoms with Gasteiger partial charge in [0.05, 0.1) is 18.1 Å². The second-order valence-corrected chi connectivity index (χ2v) is 2.98. The average molecular weight is 187 g/mol. The number of carbonyl (C=O) groups excluding carboxylic acids is 1.